The maximum atomic E-state index is 12.1. The van der Waals surface area contributed by atoms with Gasteiger partial charge in [-0.25, -0.2) is 18.1 Å². The Hall–Kier alpha value is -0.920. The van der Waals surface area contributed by atoms with E-state index in [0.717, 1.165) is 19.4 Å². The van der Waals surface area contributed by atoms with Gasteiger partial charge >= 0.3 is 0 Å². The molecule has 7 heteroatoms. The lowest BCUT2D eigenvalue weighted by Crippen LogP contribution is -2.47. The quantitative estimate of drug-likeness (QED) is 0.810. The first kappa shape index (κ1) is 14.5. The summed E-state index contributed by atoms with van der Waals surface area (Å²) in [5, 5.41) is 9.94. The Morgan fingerprint density at radius 2 is 2.21 bits per heavy atom. The standard InChI is InChI=1S/C12H21N3O3S/c1-3-7-15-8-11(14-10(15)2)19(17,18)13-9-12(16)5-4-6-12/h8,13,16H,3-7,9H2,1-2H3. The Labute approximate surface area is 113 Å². The van der Waals surface area contributed by atoms with Crippen molar-refractivity contribution in [3.8, 4) is 0 Å². The monoisotopic (exact) mass is 287 g/mol. The number of aliphatic hydroxyl groups is 1. The maximum absolute atomic E-state index is 12.1. The Balaban J connectivity index is 2.08. The fourth-order valence-corrected chi connectivity index (χ4v) is 3.27. The van der Waals surface area contributed by atoms with Crippen molar-refractivity contribution < 1.29 is 13.5 Å². The largest absolute Gasteiger partial charge is 0.389 e. The highest BCUT2D eigenvalue weighted by atomic mass is 32.2. The molecule has 2 N–H and O–H groups in total. The number of nitrogens with one attached hydrogen (secondary N) is 1. The van der Waals surface area contributed by atoms with Crippen LogP contribution in [0.15, 0.2) is 11.2 Å². The molecule has 1 saturated carbocycles. The van der Waals surface area contributed by atoms with Crippen LogP contribution in [0.1, 0.15) is 38.4 Å². The first-order valence-electron chi connectivity index (χ1n) is 6.62. The first-order chi connectivity index (χ1) is 8.86. The van der Waals surface area contributed by atoms with Gasteiger partial charge in [0, 0.05) is 19.3 Å². The molecule has 0 bridgehead atoms. The van der Waals surface area contributed by atoms with Crippen molar-refractivity contribution in [3.63, 3.8) is 0 Å². The van der Waals surface area contributed by atoms with Gasteiger partial charge in [-0.3, -0.25) is 0 Å². The van der Waals surface area contributed by atoms with Crippen molar-refractivity contribution in [1.82, 2.24) is 14.3 Å². The average molecular weight is 287 g/mol. The number of hydrogen-bond acceptors (Lipinski definition) is 4. The molecule has 0 radical (unpaired) electrons. The number of rotatable bonds is 6. The second kappa shape index (κ2) is 5.22. The van der Waals surface area contributed by atoms with E-state index in [1.807, 2.05) is 11.5 Å². The summed E-state index contributed by atoms with van der Waals surface area (Å²) < 4.78 is 28.5. The van der Waals surface area contributed by atoms with Crippen LogP contribution in [0.4, 0.5) is 0 Å². The molecule has 6 nitrogen and oxygen atoms in total. The number of hydrogen-bond donors (Lipinski definition) is 2. The van der Waals surface area contributed by atoms with Gasteiger partial charge in [-0.2, -0.15) is 0 Å². The summed E-state index contributed by atoms with van der Waals surface area (Å²) in [6.07, 6.45) is 4.72. The van der Waals surface area contributed by atoms with Crippen molar-refractivity contribution >= 4 is 10.0 Å². The number of imidazole rings is 1. The molecule has 1 aliphatic rings. The molecular formula is C12H21N3O3S. The molecule has 1 fully saturated rings. The third-order valence-corrected chi connectivity index (χ3v) is 4.84. The average Bonchev–Trinajstić information content (AvgIpc) is 2.68. The van der Waals surface area contributed by atoms with E-state index in [9.17, 15) is 13.5 Å². The smallest absolute Gasteiger partial charge is 0.259 e. The van der Waals surface area contributed by atoms with E-state index in [1.165, 1.54) is 0 Å². The van der Waals surface area contributed by atoms with Gasteiger partial charge < -0.3 is 9.67 Å². The van der Waals surface area contributed by atoms with Crippen molar-refractivity contribution in [2.45, 2.75) is 56.7 Å². The van der Waals surface area contributed by atoms with Crippen LogP contribution in [-0.4, -0.2) is 35.2 Å². The van der Waals surface area contributed by atoms with E-state index >= 15 is 0 Å². The summed E-state index contributed by atoms with van der Waals surface area (Å²) in [5.74, 6) is 0.685. The molecule has 0 unspecified atom stereocenters. The lowest BCUT2D eigenvalue weighted by atomic mass is 9.81. The van der Waals surface area contributed by atoms with Gasteiger partial charge in [-0.05, 0) is 32.6 Å². The zero-order valence-corrected chi connectivity index (χ0v) is 12.2. The molecule has 0 aliphatic heterocycles. The third-order valence-electron chi connectivity index (χ3n) is 3.57. The molecule has 0 saturated heterocycles. The number of aromatic nitrogens is 2. The SMILES string of the molecule is CCCn1cc(S(=O)(=O)NCC2(O)CCC2)nc1C. The molecule has 0 amide bonds. The van der Waals surface area contributed by atoms with E-state index in [4.69, 9.17) is 0 Å². The lowest BCUT2D eigenvalue weighted by Gasteiger charge is -2.36. The Morgan fingerprint density at radius 3 is 2.74 bits per heavy atom. The first-order valence-corrected chi connectivity index (χ1v) is 8.10. The molecule has 108 valence electrons. The summed E-state index contributed by atoms with van der Waals surface area (Å²) in [6, 6.07) is 0. The van der Waals surface area contributed by atoms with Gasteiger partial charge in [-0.15, -0.1) is 0 Å². The Kier molecular flexibility index (Phi) is 3.98. The summed E-state index contributed by atoms with van der Waals surface area (Å²) in [5.41, 5.74) is -0.867. The van der Waals surface area contributed by atoms with E-state index in [-0.39, 0.29) is 11.6 Å². The Bertz CT molecular complexity index is 547. The number of aryl methyl sites for hydroxylation is 2. The van der Waals surface area contributed by atoms with E-state index in [1.54, 1.807) is 13.1 Å². The van der Waals surface area contributed by atoms with E-state index in [2.05, 4.69) is 9.71 Å². The molecule has 0 atom stereocenters. The van der Waals surface area contributed by atoms with E-state index < -0.39 is 15.6 Å². The van der Waals surface area contributed by atoms with Crippen LogP contribution in [0.3, 0.4) is 0 Å². The second-order valence-corrected chi connectivity index (χ2v) is 6.94. The molecule has 0 aromatic carbocycles. The molecule has 1 aliphatic carbocycles. The Morgan fingerprint density at radius 1 is 1.53 bits per heavy atom. The van der Waals surface area contributed by atoms with Crippen LogP contribution in [-0.2, 0) is 16.6 Å². The van der Waals surface area contributed by atoms with Crippen molar-refractivity contribution in [2.24, 2.45) is 0 Å². The summed E-state index contributed by atoms with van der Waals surface area (Å²) in [7, 11) is -3.63. The normalized spacial score (nSPS) is 18.3. The van der Waals surface area contributed by atoms with Crippen LogP contribution in [0, 0.1) is 6.92 Å². The highest BCUT2D eigenvalue weighted by Crippen LogP contribution is 2.30. The topological polar surface area (TPSA) is 84.2 Å². The number of sulfonamides is 1. The summed E-state index contributed by atoms with van der Waals surface area (Å²) in [4.78, 5) is 4.08. The summed E-state index contributed by atoms with van der Waals surface area (Å²) in [6.45, 7) is 4.62. The predicted octanol–water partition coefficient (Wildman–Crippen LogP) is 0.795. The molecular weight excluding hydrogens is 266 g/mol. The zero-order valence-electron chi connectivity index (χ0n) is 11.4. The highest BCUT2D eigenvalue weighted by Gasteiger charge is 2.35. The minimum Gasteiger partial charge on any atom is -0.389 e. The number of nitrogens with zero attached hydrogens (tertiary/aromatic N) is 2. The minimum atomic E-state index is -3.63. The fraction of sp³-hybridized carbons (Fsp3) is 0.750. The second-order valence-electron chi connectivity index (χ2n) is 5.22. The van der Waals surface area contributed by atoms with Crippen LogP contribution >= 0.6 is 0 Å². The highest BCUT2D eigenvalue weighted by molar-refractivity contribution is 7.89. The van der Waals surface area contributed by atoms with Gasteiger partial charge in [0.2, 0.25) is 0 Å². The molecule has 19 heavy (non-hydrogen) atoms. The van der Waals surface area contributed by atoms with Gasteiger partial charge in [-0.1, -0.05) is 6.92 Å². The van der Waals surface area contributed by atoms with Gasteiger partial charge in [0.25, 0.3) is 10.0 Å². The fourth-order valence-electron chi connectivity index (χ4n) is 2.14. The van der Waals surface area contributed by atoms with Gasteiger partial charge in [0.15, 0.2) is 5.03 Å². The minimum absolute atomic E-state index is 0.0290. The molecule has 0 spiro atoms. The maximum Gasteiger partial charge on any atom is 0.259 e. The van der Waals surface area contributed by atoms with Crippen molar-refractivity contribution in [3.05, 3.63) is 12.0 Å². The molecule has 1 aromatic rings. The zero-order chi connectivity index (χ0) is 14.1. The predicted molar refractivity (Wildman–Crippen MR) is 71.2 cm³/mol. The third kappa shape index (κ3) is 3.16. The van der Waals surface area contributed by atoms with Crippen LogP contribution in [0.2, 0.25) is 0 Å². The van der Waals surface area contributed by atoms with Gasteiger partial charge in [0.1, 0.15) is 5.82 Å². The van der Waals surface area contributed by atoms with Crippen molar-refractivity contribution in [2.75, 3.05) is 6.54 Å². The van der Waals surface area contributed by atoms with Crippen LogP contribution in [0.25, 0.3) is 0 Å². The summed E-state index contributed by atoms with van der Waals surface area (Å²) >= 11 is 0. The van der Waals surface area contributed by atoms with Crippen molar-refractivity contribution in [1.29, 1.82) is 0 Å². The van der Waals surface area contributed by atoms with Gasteiger partial charge in [0.05, 0.1) is 5.60 Å². The lowest BCUT2D eigenvalue weighted by molar-refractivity contribution is -0.0271. The van der Waals surface area contributed by atoms with Crippen LogP contribution in [0.5, 0.6) is 0 Å². The molecule has 1 aromatic heterocycles. The molecule has 2 rings (SSSR count). The van der Waals surface area contributed by atoms with Crippen LogP contribution < -0.4 is 4.72 Å². The van der Waals surface area contributed by atoms with E-state index in [0.29, 0.717) is 18.7 Å². The molecule has 1 heterocycles.